The number of anilines is 1. The number of alkyl halides is 3. The Morgan fingerprint density at radius 3 is 2.53 bits per heavy atom. The Labute approximate surface area is 185 Å². The summed E-state index contributed by atoms with van der Waals surface area (Å²) in [5.74, 6) is -0.293. The monoisotopic (exact) mass is 448 g/mol. The van der Waals surface area contributed by atoms with Gasteiger partial charge in [0.2, 0.25) is 5.96 Å². The first-order chi connectivity index (χ1) is 15.2. The number of rotatable bonds is 5. The zero-order chi connectivity index (χ0) is 23.1. The molecule has 0 aliphatic carbocycles. The van der Waals surface area contributed by atoms with Crippen molar-refractivity contribution in [1.82, 2.24) is 10.2 Å². The number of amides is 1. The van der Waals surface area contributed by atoms with Gasteiger partial charge in [0, 0.05) is 30.9 Å². The molecule has 1 saturated heterocycles. The summed E-state index contributed by atoms with van der Waals surface area (Å²) in [5, 5.41) is 5.53. The van der Waals surface area contributed by atoms with Gasteiger partial charge >= 0.3 is 6.18 Å². The lowest BCUT2D eigenvalue weighted by Crippen LogP contribution is -2.39. The summed E-state index contributed by atoms with van der Waals surface area (Å²) in [6.07, 6.45) is -4.46. The van der Waals surface area contributed by atoms with Crippen molar-refractivity contribution < 1.29 is 22.7 Å². The average molecular weight is 448 g/mol. The number of nitrogens with zero attached hydrogens (tertiary/aromatic N) is 2. The number of carbonyl (C=O) groups excluding carboxylic acids is 1. The van der Waals surface area contributed by atoms with Crippen LogP contribution < -0.4 is 10.6 Å². The Kier molecular flexibility index (Phi) is 7.87. The summed E-state index contributed by atoms with van der Waals surface area (Å²) in [7, 11) is 0. The Morgan fingerprint density at radius 1 is 1.09 bits per heavy atom. The molecule has 3 rings (SSSR count). The first kappa shape index (κ1) is 23.7. The van der Waals surface area contributed by atoms with E-state index in [4.69, 9.17) is 4.74 Å². The lowest BCUT2D eigenvalue weighted by Gasteiger charge is -2.25. The first-order valence-electron chi connectivity index (χ1n) is 10.4. The minimum absolute atomic E-state index is 0.0980. The number of nitrogens with one attached hydrogen (secondary N) is 2. The molecule has 0 unspecified atom stereocenters. The SMILES string of the molecule is Cc1ccc(C(=O)NC(=NCCN2CCOCC2)Nc2cccc(C(F)(F)F)c2)cc1C. The Hall–Kier alpha value is -2.91. The molecule has 32 heavy (non-hydrogen) atoms. The molecule has 2 aromatic rings. The summed E-state index contributed by atoms with van der Waals surface area (Å²) in [6, 6.07) is 10.1. The van der Waals surface area contributed by atoms with Gasteiger partial charge in [-0.15, -0.1) is 0 Å². The predicted molar refractivity (Wildman–Crippen MR) is 118 cm³/mol. The van der Waals surface area contributed by atoms with Crippen LogP contribution in [0.25, 0.3) is 0 Å². The third-order valence-corrected chi connectivity index (χ3v) is 5.24. The van der Waals surface area contributed by atoms with Crippen molar-refractivity contribution in [2.45, 2.75) is 20.0 Å². The number of aliphatic imine (C=N–C) groups is 1. The van der Waals surface area contributed by atoms with Gasteiger partial charge in [-0.1, -0.05) is 12.1 Å². The molecular formula is C23H27F3N4O2. The van der Waals surface area contributed by atoms with Gasteiger partial charge in [-0.25, -0.2) is 0 Å². The second-order valence-electron chi connectivity index (χ2n) is 7.64. The van der Waals surface area contributed by atoms with Crippen LogP contribution in [0.2, 0.25) is 0 Å². The van der Waals surface area contributed by atoms with E-state index in [0.29, 0.717) is 31.9 Å². The van der Waals surface area contributed by atoms with Crippen LogP contribution in [0.5, 0.6) is 0 Å². The standard InChI is InChI=1S/C23H27F3N4O2/c1-16-6-7-18(14-17(16)2)21(31)29-22(27-8-9-30-10-12-32-13-11-30)28-20-5-3-4-19(15-20)23(24,25)26/h3-7,14-15H,8-13H2,1-2H3,(H2,27,28,29,31). The number of carbonyl (C=O) groups is 1. The number of ether oxygens (including phenoxy) is 1. The van der Waals surface area contributed by atoms with Gasteiger partial charge in [-0.2, -0.15) is 13.2 Å². The lowest BCUT2D eigenvalue weighted by atomic mass is 10.1. The zero-order valence-electron chi connectivity index (χ0n) is 18.1. The van der Waals surface area contributed by atoms with E-state index in [1.807, 2.05) is 19.9 Å². The zero-order valence-corrected chi connectivity index (χ0v) is 18.1. The van der Waals surface area contributed by atoms with Crippen LogP contribution in [0.1, 0.15) is 27.0 Å². The van der Waals surface area contributed by atoms with Crippen molar-refractivity contribution in [2.75, 3.05) is 44.7 Å². The number of benzene rings is 2. The van der Waals surface area contributed by atoms with Gasteiger partial charge in [-0.05, 0) is 55.3 Å². The molecule has 1 heterocycles. The molecule has 2 N–H and O–H groups in total. The topological polar surface area (TPSA) is 66.0 Å². The van der Waals surface area contributed by atoms with Gasteiger partial charge < -0.3 is 10.1 Å². The number of guanidine groups is 1. The normalized spacial score (nSPS) is 15.5. The molecule has 1 aliphatic rings. The third kappa shape index (κ3) is 6.80. The molecule has 2 aromatic carbocycles. The van der Waals surface area contributed by atoms with E-state index in [1.54, 1.807) is 12.1 Å². The number of hydrogen-bond acceptors (Lipinski definition) is 4. The molecule has 0 bridgehead atoms. The summed E-state index contributed by atoms with van der Waals surface area (Å²) in [5.41, 5.74) is 1.87. The van der Waals surface area contributed by atoms with Crippen LogP contribution in [0.3, 0.4) is 0 Å². The Morgan fingerprint density at radius 2 is 1.84 bits per heavy atom. The molecule has 1 aliphatic heterocycles. The first-order valence-corrected chi connectivity index (χ1v) is 10.4. The maximum atomic E-state index is 13.1. The van der Waals surface area contributed by atoms with Gasteiger partial charge in [0.15, 0.2) is 0 Å². The highest BCUT2D eigenvalue weighted by molar-refractivity contribution is 6.10. The fourth-order valence-electron chi connectivity index (χ4n) is 3.21. The third-order valence-electron chi connectivity index (χ3n) is 5.24. The Balaban J connectivity index is 1.76. The van der Waals surface area contributed by atoms with Crippen LogP contribution in [-0.4, -0.2) is 56.2 Å². The molecule has 0 spiro atoms. The molecule has 0 saturated carbocycles. The second kappa shape index (κ2) is 10.6. The molecule has 0 atom stereocenters. The molecule has 0 aromatic heterocycles. The maximum absolute atomic E-state index is 13.1. The summed E-state index contributed by atoms with van der Waals surface area (Å²) in [4.78, 5) is 19.4. The van der Waals surface area contributed by atoms with Crippen LogP contribution in [0.15, 0.2) is 47.5 Å². The number of hydrogen-bond donors (Lipinski definition) is 2. The molecule has 6 nitrogen and oxygen atoms in total. The summed E-state index contributed by atoms with van der Waals surface area (Å²) < 4.78 is 44.5. The van der Waals surface area contributed by atoms with Crippen LogP contribution >= 0.6 is 0 Å². The summed E-state index contributed by atoms with van der Waals surface area (Å²) >= 11 is 0. The van der Waals surface area contributed by atoms with E-state index in [9.17, 15) is 18.0 Å². The van der Waals surface area contributed by atoms with Crippen molar-refractivity contribution in [3.63, 3.8) is 0 Å². The summed E-state index contributed by atoms with van der Waals surface area (Å²) in [6.45, 7) is 7.77. The van der Waals surface area contributed by atoms with E-state index >= 15 is 0 Å². The maximum Gasteiger partial charge on any atom is 0.416 e. The van der Waals surface area contributed by atoms with Crippen molar-refractivity contribution in [3.05, 3.63) is 64.7 Å². The van der Waals surface area contributed by atoms with Crippen molar-refractivity contribution in [1.29, 1.82) is 0 Å². The van der Waals surface area contributed by atoms with Gasteiger partial charge in [-0.3, -0.25) is 20.0 Å². The fraction of sp³-hybridized carbons (Fsp3) is 0.391. The highest BCUT2D eigenvalue weighted by Gasteiger charge is 2.30. The van der Waals surface area contributed by atoms with E-state index < -0.39 is 17.6 Å². The van der Waals surface area contributed by atoms with Crippen molar-refractivity contribution >= 4 is 17.6 Å². The van der Waals surface area contributed by atoms with Crippen molar-refractivity contribution in [2.24, 2.45) is 4.99 Å². The highest BCUT2D eigenvalue weighted by Crippen LogP contribution is 2.30. The average Bonchev–Trinajstić information content (AvgIpc) is 2.76. The number of halogens is 3. The van der Waals surface area contributed by atoms with Gasteiger partial charge in [0.25, 0.3) is 5.91 Å². The van der Waals surface area contributed by atoms with E-state index in [1.165, 1.54) is 12.1 Å². The van der Waals surface area contributed by atoms with E-state index in [0.717, 1.165) is 36.3 Å². The smallest absolute Gasteiger partial charge is 0.379 e. The minimum atomic E-state index is -4.46. The number of morpholine rings is 1. The van der Waals surface area contributed by atoms with Gasteiger partial charge in [0.1, 0.15) is 0 Å². The second-order valence-corrected chi connectivity index (χ2v) is 7.64. The van der Waals surface area contributed by atoms with Crippen LogP contribution in [0, 0.1) is 13.8 Å². The highest BCUT2D eigenvalue weighted by atomic mass is 19.4. The van der Waals surface area contributed by atoms with Gasteiger partial charge in [0.05, 0.1) is 25.3 Å². The molecular weight excluding hydrogens is 421 g/mol. The molecule has 1 fully saturated rings. The van der Waals surface area contributed by atoms with E-state index in [-0.39, 0.29) is 11.6 Å². The lowest BCUT2D eigenvalue weighted by molar-refractivity contribution is -0.137. The molecule has 172 valence electrons. The largest absolute Gasteiger partial charge is 0.416 e. The molecule has 0 radical (unpaired) electrons. The molecule has 1 amide bonds. The van der Waals surface area contributed by atoms with Crippen LogP contribution in [0.4, 0.5) is 18.9 Å². The minimum Gasteiger partial charge on any atom is -0.379 e. The fourth-order valence-corrected chi connectivity index (χ4v) is 3.21. The Bertz CT molecular complexity index is 970. The van der Waals surface area contributed by atoms with Crippen LogP contribution in [-0.2, 0) is 10.9 Å². The molecule has 9 heteroatoms. The quantitative estimate of drug-likeness (QED) is 0.539. The predicted octanol–water partition coefficient (Wildman–Crippen LogP) is 3.85. The van der Waals surface area contributed by atoms with Crippen molar-refractivity contribution in [3.8, 4) is 0 Å². The van der Waals surface area contributed by atoms with E-state index in [2.05, 4.69) is 20.5 Å². The number of aryl methyl sites for hydroxylation is 2.